The lowest BCUT2D eigenvalue weighted by Gasteiger charge is -2.46. The van der Waals surface area contributed by atoms with Crippen molar-refractivity contribution in [1.82, 2.24) is 15.1 Å². The van der Waals surface area contributed by atoms with Crippen molar-refractivity contribution in [3.8, 4) is 0 Å². The normalized spacial score (nSPS) is 38.3. The van der Waals surface area contributed by atoms with E-state index in [0.29, 0.717) is 31.3 Å². The number of aliphatic hydroxyl groups excluding tert-OH is 3. The number of allylic oxidation sites excluding steroid dienone is 3. The second kappa shape index (κ2) is 8.30. The smallest absolute Gasteiger partial charge is 0.105 e. The predicted molar refractivity (Wildman–Crippen MR) is 138 cm³/mol. The number of hydrogen-bond acceptors (Lipinski definition) is 7. The van der Waals surface area contributed by atoms with Gasteiger partial charge in [0.2, 0.25) is 0 Å². The summed E-state index contributed by atoms with van der Waals surface area (Å²) in [5.74, 6) is 0.212. The van der Waals surface area contributed by atoms with Crippen LogP contribution in [0.15, 0.2) is 59.5 Å². The summed E-state index contributed by atoms with van der Waals surface area (Å²) in [5.41, 5.74) is 3.37. The molecule has 0 amide bonds. The molecule has 2 unspecified atom stereocenters. The van der Waals surface area contributed by atoms with Crippen molar-refractivity contribution in [2.75, 3.05) is 14.1 Å². The monoisotopic (exact) mass is 489 g/mol. The molecule has 1 fully saturated rings. The third-order valence-corrected chi connectivity index (χ3v) is 9.47. The first-order valence-electron chi connectivity index (χ1n) is 12.9. The fourth-order valence-electron chi connectivity index (χ4n) is 7.46. The van der Waals surface area contributed by atoms with Crippen molar-refractivity contribution in [3.05, 3.63) is 65.0 Å². The number of hydrogen-bond donors (Lipinski definition) is 4. The van der Waals surface area contributed by atoms with E-state index in [2.05, 4.69) is 41.4 Å². The third kappa shape index (κ3) is 3.45. The standard InChI is InChI=1S/C29H35N3O4/c1-28-13-25(33)20-11-23-26(34)27(35)24(32(2)3)12-29(23,36)9-8-19(20)22(28)7-6-21(28)16-4-5-17-14-30-31-15-18(17)10-16/h4-6,10-11,14-15,22,24-27,33-36H,7-9,12-13H2,1-3H3/t22?,24-,25?,26+,27+,28+,29+/m0/s1. The summed E-state index contributed by atoms with van der Waals surface area (Å²) in [6, 6.07) is 6.02. The van der Waals surface area contributed by atoms with Gasteiger partial charge < -0.3 is 25.3 Å². The first-order chi connectivity index (χ1) is 17.1. The molecule has 0 aliphatic heterocycles. The van der Waals surface area contributed by atoms with Crippen LogP contribution in [0.2, 0.25) is 0 Å². The zero-order chi connectivity index (χ0) is 25.4. The van der Waals surface area contributed by atoms with Crippen LogP contribution in [0.1, 0.15) is 44.6 Å². The van der Waals surface area contributed by atoms with Crippen LogP contribution in [-0.2, 0) is 0 Å². The minimum absolute atomic E-state index is 0.212. The Kier molecular flexibility index (Phi) is 5.52. The first-order valence-corrected chi connectivity index (χ1v) is 12.9. The van der Waals surface area contributed by atoms with Gasteiger partial charge in [-0.05, 0) is 80.5 Å². The van der Waals surface area contributed by atoms with Crippen molar-refractivity contribution < 1.29 is 20.4 Å². The van der Waals surface area contributed by atoms with Crippen molar-refractivity contribution in [2.45, 2.75) is 69.0 Å². The Balaban J connectivity index is 1.38. The number of nitrogens with zero attached hydrogens (tertiary/aromatic N) is 3. The maximum atomic E-state index is 11.7. The molecule has 190 valence electrons. The lowest BCUT2D eigenvalue weighted by atomic mass is 9.61. The van der Waals surface area contributed by atoms with Gasteiger partial charge in [-0.2, -0.15) is 10.2 Å². The van der Waals surface area contributed by atoms with Gasteiger partial charge in [-0.15, -0.1) is 0 Å². The molecule has 4 aliphatic rings. The minimum Gasteiger partial charge on any atom is -0.388 e. The summed E-state index contributed by atoms with van der Waals surface area (Å²) < 4.78 is 0. The van der Waals surface area contributed by atoms with Gasteiger partial charge in [0.1, 0.15) is 6.10 Å². The van der Waals surface area contributed by atoms with E-state index in [1.54, 1.807) is 12.4 Å². The van der Waals surface area contributed by atoms with E-state index in [0.717, 1.165) is 28.3 Å². The maximum absolute atomic E-state index is 11.7. The summed E-state index contributed by atoms with van der Waals surface area (Å²) >= 11 is 0. The molecule has 0 spiro atoms. The molecule has 2 aromatic rings. The average molecular weight is 490 g/mol. The van der Waals surface area contributed by atoms with Crippen LogP contribution in [0, 0.1) is 11.3 Å². The third-order valence-electron chi connectivity index (χ3n) is 9.47. The van der Waals surface area contributed by atoms with Crippen molar-refractivity contribution in [3.63, 3.8) is 0 Å². The SMILES string of the molecule is CN(C)[C@H]1C[C@]2(O)CCC3=C(C=C2[C@@H](O)[C@@H]1O)C(O)C[C@]1(C)C(c2ccc4cnncc4c2)=CCC31. The molecule has 4 aliphatic carbocycles. The van der Waals surface area contributed by atoms with Gasteiger partial charge in [-0.3, -0.25) is 0 Å². The van der Waals surface area contributed by atoms with Gasteiger partial charge in [0, 0.05) is 22.2 Å². The second-order valence-electron chi connectivity index (χ2n) is 11.7. The van der Waals surface area contributed by atoms with Gasteiger partial charge in [-0.1, -0.05) is 36.8 Å². The average Bonchev–Trinajstić information content (AvgIpc) is 3.10. The molecule has 1 aromatic carbocycles. The van der Waals surface area contributed by atoms with E-state index in [-0.39, 0.29) is 17.4 Å². The Morgan fingerprint density at radius 2 is 1.78 bits per heavy atom. The van der Waals surface area contributed by atoms with Crippen LogP contribution in [0.4, 0.5) is 0 Å². The van der Waals surface area contributed by atoms with Gasteiger partial charge in [0.05, 0.1) is 30.2 Å². The number of rotatable bonds is 2. The molecule has 7 heteroatoms. The predicted octanol–water partition coefficient (Wildman–Crippen LogP) is 2.61. The highest BCUT2D eigenvalue weighted by atomic mass is 16.3. The van der Waals surface area contributed by atoms with E-state index in [9.17, 15) is 20.4 Å². The summed E-state index contributed by atoms with van der Waals surface area (Å²) in [6.45, 7) is 2.25. The van der Waals surface area contributed by atoms with Crippen molar-refractivity contribution in [2.24, 2.45) is 11.3 Å². The van der Waals surface area contributed by atoms with E-state index in [1.165, 1.54) is 11.1 Å². The molecule has 1 heterocycles. The quantitative estimate of drug-likeness (QED) is 0.513. The highest BCUT2D eigenvalue weighted by Crippen LogP contribution is 2.60. The molecular formula is C29H35N3O4. The lowest BCUT2D eigenvalue weighted by Crippen LogP contribution is -2.58. The highest BCUT2D eigenvalue weighted by molar-refractivity contribution is 5.86. The Morgan fingerprint density at radius 1 is 1.03 bits per heavy atom. The molecule has 4 N–H and O–H groups in total. The van der Waals surface area contributed by atoms with Gasteiger partial charge in [-0.25, -0.2) is 0 Å². The zero-order valence-corrected chi connectivity index (χ0v) is 21.1. The minimum atomic E-state index is -1.21. The van der Waals surface area contributed by atoms with Crippen LogP contribution in [0.25, 0.3) is 16.3 Å². The largest absolute Gasteiger partial charge is 0.388 e. The molecule has 7 nitrogen and oxygen atoms in total. The van der Waals surface area contributed by atoms with Crippen molar-refractivity contribution in [1.29, 1.82) is 0 Å². The van der Waals surface area contributed by atoms with Crippen LogP contribution in [-0.4, -0.2) is 79.6 Å². The molecule has 1 aromatic heterocycles. The van der Waals surface area contributed by atoms with Crippen LogP contribution in [0.5, 0.6) is 0 Å². The summed E-state index contributed by atoms with van der Waals surface area (Å²) in [5, 5.41) is 55.2. The number of likely N-dealkylation sites (N-methyl/N-ethyl adjacent to an activating group) is 1. The number of benzene rings is 1. The maximum Gasteiger partial charge on any atom is 0.105 e. The van der Waals surface area contributed by atoms with Gasteiger partial charge in [0.15, 0.2) is 0 Å². The second-order valence-corrected chi connectivity index (χ2v) is 11.7. The van der Waals surface area contributed by atoms with E-state index in [1.807, 2.05) is 25.1 Å². The van der Waals surface area contributed by atoms with Crippen molar-refractivity contribution >= 4 is 16.3 Å². The molecule has 0 bridgehead atoms. The lowest BCUT2D eigenvalue weighted by molar-refractivity contribution is -0.0922. The summed E-state index contributed by atoms with van der Waals surface area (Å²) in [7, 11) is 3.72. The zero-order valence-electron chi connectivity index (χ0n) is 21.1. The van der Waals surface area contributed by atoms with Crippen LogP contribution >= 0.6 is 0 Å². The first kappa shape index (κ1) is 23.9. The van der Waals surface area contributed by atoms with Gasteiger partial charge in [0.25, 0.3) is 0 Å². The van der Waals surface area contributed by atoms with E-state index < -0.39 is 23.9 Å². The van der Waals surface area contributed by atoms with E-state index in [4.69, 9.17) is 0 Å². The molecule has 7 atom stereocenters. The van der Waals surface area contributed by atoms with Crippen LogP contribution in [0.3, 0.4) is 0 Å². The Bertz CT molecular complexity index is 1320. The molecular weight excluding hydrogens is 454 g/mol. The Labute approximate surface area is 211 Å². The summed E-state index contributed by atoms with van der Waals surface area (Å²) in [6.07, 6.45) is 7.73. The number of fused-ring (bicyclic) bond motifs is 4. The molecule has 36 heavy (non-hydrogen) atoms. The topological polar surface area (TPSA) is 110 Å². The Hall–Kier alpha value is -2.42. The van der Waals surface area contributed by atoms with Gasteiger partial charge >= 0.3 is 0 Å². The molecule has 0 radical (unpaired) electrons. The van der Waals surface area contributed by atoms with E-state index >= 15 is 0 Å². The molecule has 6 rings (SSSR count). The molecule has 1 saturated carbocycles. The highest BCUT2D eigenvalue weighted by Gasteiger charge is 2.53. The Morgan fingerprint density at radius 3 is 2.53 bits per heavy atom. The fraction of sp³-hybridized carbons (Fsp3) is 0.517. The fourth-order valence-corrected chi connectivity index (χ4v) is 7.46. The number of aromatic nitrogens is 2. The van der Waals surface area contributed by atoms with Crippen LogP contribution < -0.4 is 0 Å². The summed E-state index contributed by atoms with van der Waals surface area (Å²) in [4.78, 5) is 1.87. The number of aliphatic hydroxyl groups is 4. The molecule has 0 saturated heterocycles.